The number of rotatable bonds is 4. The van der Waals surface area contributed by atoms with E-state index in [4.69, 9.17) is 23.8 Å². The summed E-state index contributed by atoms with van der Waals surface area (Å²) >= 11 is 11.6. The van der Waals surface area contributed by atoms with Crippen molar-refractivity contribution in [3.8, 4) is 0 Å². The minimum absolute atomic E-state index is 0.511. The molecule has 0 saturated carbocycles. The molecule has 0 unspecified atom stereocenters. The van der Waals surface area contributed by atoms with Crippen molar-refractivity contribution in [2.75, 3.05) is 10.6 Å². The Kier molecular flexibility index (Phi) is 5.36. The first-order valence-electron chi connectivity index (χ1n) is 7.93. The lowest BCUT2D eigenvalue weighted by Gasteiger charge is -2.12. The van der Waals surface area contributed by atoms with Crippen molar-refractivity contribution in [2.24, 2.45) is 0 Å². The molecule has 0 aliphatic heterocycles. The number of aryl methyl sites for hydroxylation is 2. The number of aromatic nitrogens is 2. The van der Waals surface area contributed by atoms with Gasteiger partial charge < -0.3 is 10.6 Å². The normalized spacial score (nSPS) is 10.5. The van der Waals surface area contributed by atoms with E-state index in [1.165, 1.54) is 5.56 Å². The molecule has 0 atom stereocenters. The Bertz CT molecular complexity index is 904. The van der Waals surface area contributed by atoms with E-state index in [0.717, 1.165) is 21.8 Å². The molecule has 0 radical (unpaired) electrons. The van der Waals surface area contributed by atoms with E-state index in [9.17, 15) is 0 Å². The average Bonchev–Trinajstić information content (AvgIpc) is 3.00. The second-order valence-corrected chi connectivity index (χ2v) is 6.70. The largest absolute Gasteiger partial charge is 0.332 e. The zero-order valence-electron chi connectivity index (χ0n) is 14.1. The molecular formula is C19H19ClN4S. The van der Waals surface area contributed by atoms with Gasteiger partial charge in [-0.2, -0.15) is 5.10 Å². The molecule has 25 heavy (non-hydrogen) atoms. The fraction of sp³-hybridized carbons (Fsp3) is 0.158. The van der Waals surface area contributed by atoms with Gasteiger partial charge in [-0.25, -0.2) is 0 Å². The van der Waals surface area contributed by atoms with Crippen LogP contribution >= 0.6 is 23.8 Å². The summed E-state index contributed by atoms with van der Waals surface area (Å²) in [6.07, 6.45) is 1.90. The van der Waals surface area contributed by atoms with Crippen LogP contribution in [0.15, 0.2) is 54.7 Å². The van der Waals surface area contributed by atoms with Gasteiger partial charge in [-0.15, -0.1) is 0 Å². The van der Waals surface area contributed by atoms with E-state index in [2.05, 4.69) is 40.9 Å². The molecule has 0 amide bonds. The molecule has 2 N–H and O–H groups in total. The van der Waals surface area contributed by atoms with Crippen molar-refractivity contribution in [1.82, 2.24) is 9.78 Å². The van der Waals surface area contributed by atoms with Crippen LogP contribution in [0.2, 0.25) is 5.02 Å². The summed E-state index contributed by atoms with van der Waals surface area (Å²) in [4.78, 5) is 0. The van der Waals surface area contributed by atoms with Crippen LogP contribution in [0, 0.1) is 13.8 Å². The van der Waals surface area contributed by atoms with Crippen LogP contribution in [0.25, 0.3) is 0 Å². The summed E-state index contributed by atoms with van der Waals surface area (Å²) in [5.41, 5.74) is 4.34. The van der Waals surface area contributed by atoms with Crippen LogP contribution in [0.3, 0.4) is 0 Å². The topological polar surface area (TPSA) is 41.9 Å². The van der Waals surface area contributed by atoms with Crippen molar-refractivity contribution < 1.29 is 0 Å². The van der Waals surface area contributed by atoms with Crippen molar-refractivity contribution >= 4 is 40.4 Å². The van der Waals surface area contributed by atoms with Crippen molar-refractivity contribution in [1.29, 1.82) is 0 Å². The number of anilines is 2. The molecule has 0 spiro atoms. The van der Waals surface area contributed by atoms with E-state index in [0.29, 0.717) is 17.5 Å². The number of halogens is 1. The van der Waals surface area contributed by atoms with Crippen LogP contribution < -0.4 is 10.6 Å². The maximum absolute atomic E-state index is 6.20. The van der Waals surface area contributed by atoms with Gasteiger partial charge in [0.1, 0.15) is 0 Å². The molecule has 3 rings (SSSR count). The van der Waals surface area contributed by atoms with Crippen LogP contribution in [0.4, 0.5) is 11.5 Å². The summed E-state index contributed by atoms with van der Waals surface area (Å²) in [5.74, 6) is 0.690. The second kappa shape index (κ2) is 7.68. The van der Waals surface area contributed by atoms with Crippen LogP contribution in [0.1, 0.15) is 16.7 Å². The Morgan fingerprint density at radius 3 is 2.72 bits per heavy atom. The van der Waals surface area contributed by atoms with Crippen molar-refractivity contribution in [2.45, 2.75) is 20.4 Å². The van der Waals surface area contributed by atoms with Gasteiger partial charge in [0.05, 0.1) is 6.54 Å². The first kappa shape index (κ1) is 17.5. The smallest absolute Gasteiger partial charge is 0.176 e. The summed E-state index contributed by atoms with van der Waals surface area (Å²) in [5, 5.41) is 12.1. The first-order valence-corrected chi connectivity index (χ1v) is 8.72. The maximum atomic E-state index is 6.20. The fourth-order valence-corrected chi connectivity index (χ4v) is 2.87. The highest BCUT2D eigenvalue weighted by atomic mass is 35.5. The lowest BCUT2D eigenvalue weighted by molar-refractivity contribution is 0.690. The number of nitrogens with one attached hydrogen (secondary N) is 2. The minimum atomic E-state index is 0.511. The third-order valence-electron chi connectivity index (χ3n) is 3.81. The summed E-state index contributed by atoms with van der Waals surface area (Å²) in [6.45, 7) is 4.71. The van der Waals surface area contributed by atoms with Crippen LogP contribution in [-0.4, -0.2) is 14.9 Å². The number of thiocarbonyl (C=S) groups is 1. The van der Waals surface area contributed by atoms with Gasteiger partial charge in [-0.05, 0) is 54.9 Å². The number of hydrogen-bond donors (Lipinski definition) is 2. The van der Waals surface area contributed by atoms with E-state index in [-0.39, 0.29) is 0 Å². The lowest BCUT2D eigenvalue weighted by Crippen LogP contribution is -2.20. The molecular weight excluding hydrogens is 352 g/mol. The molecule has 1 heterocycles. The molecule has 0 fully saturated rings. The zero-order chi connectivity index (χ0) is 17.8. The Balaban J connectivity index is 1.64. The Labute approximate surface area is 157 Å². The van der Waals surface area contributed by atoms with E-state index in [1.54, 1.807) is 0 Å². The molecule has 0 saturated heterocycles. The second-order valence-electron chi connectivity index (χ2n) is 5.89. The number of benzene rings is 2. The van der Waals surface area contributed by atoms with Gasteiger partial charge in [0, 0.05) is 23.0 Å². The molecule has 3 aromatic rings. The molecule has 2 aromatic carbocycles. The fourth-order valence-electron chi connectivity index (χ4n) is 2.46. The Morgan fingerprint density at radius 1 is 1.12 bits per heavy atom. The summed E-state index contributed by atoms with van der Waals surface area (Å²) in [6, 6.07) is 15.8. The molecule has 0 bridgehead atoms. The highest BCUT2D eigenvalue weighted by Gasteiger charge is 2.06. The predicted octanol–water partition coefficient (Wildman–Crippen LogP) is 5.01. The van der Waals surface area contributed by atoms with Gasteiger partial charge in [0.15, 0.2) is 10.9 Å². The quantitative estimate of drug-likeness (QED) is 0.633. The summed E-state index contributed by atoms with van der Waals surface area (Å²) in [7, 11) is 0. The number of hydrogen-bond acceptors (Lipinski definition) is 2. The Morgan fingerprint density at radius 2 is 1.92 bits per heavy atom. The van der Waals surface area contributed by atoms with E-state index < -0.39 is 0 Å². The minimum Gasteiger partial charge on any atom is -0.332 e. The molecule has 0 aliphatic rings. The van der Waals surface area contributed by atoms with Gasteiger partial charge in [0.25, 0.3) is 0 Å². The summed E-state index contributed by atoms with van der Waals surface area (Å²) < 4.78 is 1.82. The standard InChI is InChI=1S/C19H19ClN4S/c1-13-7-8-14(2)17(11-13)21-19(25)22-18-9-10-24(23-18)12-15-5-3-4-6-16(15)20/h3-11H,12H2,1-2H3,(H2,21,22,23,25). The third-order valence-corrected chi connectivity index (χ3v) is 4.39. The van der Waals surface area contributed by atoms with Gasteiger partial charge in [-0.1, -0.05) is 41.9 Å². The molecule has 128 valence electrons. The maximum Gasteiger partial charge on any atom is 0.176 e. The predicted molar refractivity (Wildman–Crippen MR) is 109 cm³/mol. The SMILES string of the molecule is Cc1ccc(C)c(NC(=S)Nc2ccn(Cc3ccccc3Cl)n2)c1. The van der Waals surface area contributed by atoms with Crippen LogP contribution in [-0.2, 0) is 6.54 Å². The third kappa shape index (κ3) is 4.59. The highest BCUT2D eigenvalue weighted by Crippen LogP contribution is 2.18. The molecule has 0 aliphatic carbocycles. The highest BCUT2D eigenvalue weighted by molar-refractivity contribution is 7.80. The van der Waals surface area contributed by atoms with E-state index >= 15 is 0 Å². The lowest BCUT2D eigenvalue weighted by atomic mass is 10.1. The zero-order valence-corrected chi connectivity index (χ0v) is 15.7. The average molecular weight is 371 g/mol. The van der Waals surface area contributed by atoms with Gasteiger partial charge in [-0.3, -0.25) is 4.68 Å². The molecule has 6 heteroatoms. The van der Waals surface area contributed by atoms with Crippen LogP contribution in [0.5, 0.6) is 0 Å². The van der Waals surface area contributed by atoms with E-state index in [1.807, 2.05) is 48.1 Å². The number of nitrogens with zero attached hydrogens (tertiary/aromatic N) is 2. The van der Waals surface area contributed by atoms with Crippen molar-refractivity contribution in [3.63, 3.8) is 0 Å². The molecule has 1 aromatic heterocycles. The Hall–Kier alpha value is -2.37. The molecule has 4 nitrogen and oxygen atoms in total. The van der Waals surface area contributed by atoms with Crippen molar-refractivity contribution in [3.05, 3.63) is 76.4 Å². The van der Waals surface area contributed by atoms with Gasteiger partial charge >= 0.3 is 0 Å². The first-order chi connectivity index (χ1) is 12.0. The van der Waals surface area contributed by atoms with Gasteiger partial charge in [0.2, 0.25) is 0 Å². The monoisotopic (exact) mass is 370 g/mol.